The van der Waals surface area contributed by atoms with Gasteiger partial charge in [0, 0.05) is 6.54 Å². The quantitative estimate of drug-likeness (QED) is 0.580. The van der Waals surface area contributed by atoms with Gasteiger partial charge in [-0.15, -0.1) is 0 Å². The SMILES string of the molecule is CC(C)CS(=O)(=O)NCCCN. The van der Waals surface area contributed by atoms with Crippen molar-refractivity contribution in [1.29, 1.82) is 0 Å². The molecule has 0 aliphatic heterocycles. The molecule has 0 aromatic heterocycles. The van der Waals surface area contributed by atoms with E-state index >= 15 is 0 Å². The van der Waals surface area contributed by atoms with Crippen LogP contribution in [0.4, 0.5) is 0 Å². The molecular formula is C7H18N2O2S. The Bertz CT molecular complexity index is 199. The molecule has 0 rings (SSSR count). The summed E-state index contributed by atoms with van der Waals surface area (Å²) >= 11 is 0. The van der Waals surface area contributed by atoms with Gasteiger partial charge in [0.25, 0.3) is 0 Å². The molecule has 0 aromatic carbocycles. The number of nitrogens with two attached hydrogens (primary N) is 1. The smallest absolute Gasteiger partial charge is 0.211 e. The van der Waals surface area contributed by atoms with Crippen molar-refractivity contribution in [3.8, 4) is 0 Å². The van der Waals surface area contributed by atoms with Gasteiger partial charge in [0.2, 0.25) is 10.0 Å². The predicted octanol–water partition coefficient (Wildman–Crippen LogP) is -0.0894. The highest BCUT2D eigenvalue weighted by Gasteiger charge is 2.10. The molecule has 0 aromatic rings. The monoisotopic (exact) mass is 194 g/mol. The number of rotatable bonds is 6. The minimum atomic E-state index is -3.06. The summed E-state index contributed by atoms with van der Waals surface area (Å²) in [5, 5.41) is 0. The first-order chi connectivity index (χ1) is 5.48. The Balaban J connectivity index is 3.73. The van der Waals surface area contributed by atoms with Crippen LogP contribution >= 0.6 is 0 Å². The summed E-state index contributed by atoms with van der Waals surface area (Å²) in [7, 11) is -3.06. The van der Waals surface area contributed by atoms with Gasteiger partial charge in [0.05, 0.1) is 5.75 Å². The molecule has 0 heterocycles. The average molecular weight is 194 g/mol. The molecule has 0 aliphatic carbocycles. The highest BCUT2D eigenvalue weighted by molar-refractivity contribution is 7.89. The summed E-state index contributed by atoms with van der Waals surface area (Å²) in [5.74, 6) is 0.359. The summed E-state index contributed by atoms with van der Waals surface area (Å²) in [5.41, 5.74) is 5.22. The maximum absolute atomic E-state index is 11.2. The fourth-order valence-corrected chi connectivity index (χ4v) is 2.28. The summed E-state index contributed by atoms with van der Waals surface area (Å²) < 4.78 is 24.8. The molecule has 0 saturated heterocycles. The number of sulfonamides is 1. The number of nitrogens with one attached hydrogen (secondary N) is 1. The van der Waals surface area contributed by atoms with E-state index in [0.717, 1.165) is 0 Å². The average Bonchev–Trinajstić information content (AvgIpc) is 1.84. The molecule has 0 amide bonds. The Morgan fingerprint density at radius 2 is 2.00 bits per heavy atom. The van der Waals surface area contributed by atoms with Crippen molar-refractivity contribution in [3.63, 3.8) is 0 Å². The molecule has 12 heavy (non-hydrogen) atoms. The van der Waals surface area contributed by atoms with Gasteiger partial charge < -0.3 is 5.73 Å². The lowest BCUT2D eigenvalue weighted by atomic mass is 10.3. The summed E-state index contributed by atoms with van der Waals surface area (Å²) in [4.78, 5) is 0. The Labute approximate surface area is 74.6 Å². The molecule has 0 fully saturated rings. The first kappa shape index (κ1) is 11.9. The van der Waals surface area contributed by atoms with E-state index in [0.29, 0.717) is 19.5 Å². The van der Waals surface area contributed by atoms with Crippen LogP contribution in [0.2, 0.25) is 0 Å². The van der Waals surface area contributed by atoms with Crippen LogP contribution in [0.5, 0.6) is 0 Å². The first-order valence-corrected chi connectivity index (χ1v) is 5.80. The van der Waals surface area contributed by atoms with E-state index in [1.54, 1.807) is 0 Å². The van der Waals surface area contributed by atoms with Gasteiger partial charge in [-0.05, 0) is 18.9 Å². The minimum Gasteiger partial charge on any atom is -0.330 e. The van der Waals surface area contributed by atoms with Crippen LogP contribution in [0, 0.1) is 5.92 Å². The van der Waals surface area contributed by atoms with E-state index in [1.165, 1.54) is 0 Å². The third kappa shape index (κ3) is 6.57. The highest BCUT2D eigenvalue weighted by Crippen LogP contribution is 1.96. The third-order valence-electron chi connectivity index (χ3n) is 1.26. The van der Waals surface area contributed by atoms with E-state index in [-0.39, 0.29) is 11.7 Å². The fraction of sp³-hybridized carbons (Fsp3) is 1.00. The lowest BCUT2D eigenvalue weighted by Crippen LogP contribution is -2.30. The largest absolute Gasteiger partial charge is 0.330 e. The summed E-state index contributed by atoms with van der Waals surface area (Å²) in [6.07, 6.45) is 0.692. The maximum atomic E-state index is 11.2. The molecular weight excluding hydrogens is 176 g/mol. The molecule has 0 atom stereocenters. The molecule has 74 valence electrons. The molecule has 0 aliphatic rings. The van der Waals surface area contributed by atoms with Crippen LogP contribution in [0.15, 0.2) is 0 Å². The van der Waals surface area contributed by atoms with Gasteiger partial charge in [-0.3, -0.25) is 0 Å². The zero-order valence-corrected chi connectivity index (χ0v) is 8.52. The highest BCUT2D eigenvalue weighted by atomic mass is 32.2. The van der Waals surface area contributed by atoms with Crippen molar-refractivity contribution >= 4 is 10.0 Å². The predicted molar refractivity (Wildman–Crippen MR) is 50.3 cm³/mol. The second kappa shape index (κ2) is 5.50. The van der Waals surface area contributed by atoms with Crippen LogP contribution in [-0.4, -0.2) is 27.3 Å². The zero-order valence-electron chi connectivity index (χ0n) is 7.71. The van der Waals surface area contributed by atoms with Gasteiger partial charge in [0.1, 0.15) is 0 Å². The van der Waals surface area contributed by atoms with Crippen molar-refractivity contribution in [2.24, 2.45) is 11.7 Å². The van der Waals surface area contributed by atoms with Crippen molar-refractivity contribution in [1.82, 2.24) is 4.72 Å². The normalized spacial score (nSPS) is 12.3. The first-order valence-electron chi connectivity index (χ1n) is 4.15. The van der Waals surface area contributed by atoms with E-state index in [2.05, 4.69) is 4.72 Å². The summed E-state index contributed by atoms with van der Waals surface area (Å²) in [6.45, 7) is 4.72. The number of hydrogen-bond acceptors (Lipinski definition) is 3. The Morgan fingerprint density at radius 3 is 2.42 bits per heavy atom. The summed E-state index contributed by atoms with van der Waals surface area (Å²) in [6, 6.07) is 0. The van der Waals surface area contributed by atoms with Gasteiger partial charge in [-0.2, -0.15) is 0 Å². The molecule has 0 radical (unpaired) electrons. The van der Waals surface area contributed by atoms with Crippen molar-refractivity contribution < 1.29 is 8.42 Å². The minimum absolute atomic E-state index is 0.167. The van der Waals surface area contributed by atoms with Crippen LogP contribution in [-0.2, 0) is 10.0 Å². The Kier molecular flexibility index (Phi) is 5.44. The molecule has 0 bridgehead atoms. The lowest BCUT2D eigenvalue weighted by molar-refractivity contribution is 0.566. The van der Waals surface area contributed by atoms with E-state index in [9.17, 15) is 8.42 Å². The zero-order chi connectivity index (χ0) is 9.61. The second-order valence-corrected chi connectivity index (χ2v) is 5.06. The molecule has 3 N–H and O–H groups in total. The molecule has 4 nitrogen and oxygen atoms in total. The maximum Gasteiger partial charge on any atom is 0.211 e. The van der Waals surface area contributed by atoms with Gasteiger partial charge in [-0.25, -0.2) is 13.1 Å². The fourth-order valence-electron chi connectivity index (χ4n) is 0.827. The van der Waals surface area contributed by atoms with Gasteiger partial charge in [0.15, 0.2) is 0 Å². The van der Waals surface area contributed by atoms with Crippen LogP contribution in [0.25, 0.3) is 0 Å². The second-order valence-electron chi connectivity index (χ2n) is 3.21. The van der Waals surface area contributed by atoms with Crippen molar-refractivity contribution in [3.05, 3.63) is 0 Å². The molecule has 0 saturated carbocycles. The van der Waals surface area contributed by atoms with Crippen LogP contribution in [0.3, 0.4) is 0 Å². The molecule has 0 unspecified atom stereocenters. The Hall–Kier alpha value is -0.130. The van der Waals surface area contributed by atoms with Crippen LogP contribution < -0.4 is 10.5 Å². The van der Waals surface area contributed by atoms with Gasteiger partial charge >= 0.3 is 0 Å². The lowest BCUT2D eigenvalue weighted by Gasteiger charge is -2.07. The Morgan fingerprint density at radius 1 is 1.42 bits per heavy atom. The van der Waals surface area contributed by atoms with Crippen LogP contribution in [0.1, 0.15) is 20.3 Å². The van der Waals surface area contributed by atoms with Crippen molar-refractivity contribution in [2.75, 3.05) is 18.8 Å². The standard InChI is InChI=1S/C7H18N2O2S/c1-7(2)6-12(10,11)9-5-3-4-8/h7,9H,3-6,8H2,1-2H3. The third-order valence-corrected chi connectivity index (χ3v) is 3.01. The molecule has 0 spiro atoms. The van der Waals surface area contributed by atoms with Crippen molar-refractivity contribution in [2.45, 2.75) is 20.3 Å². The molecule has 5 heteroatoms. The van der Waals surface area contributed by atoms with E-state index in [4.69, 9.17) is 5.73 Å². The van der Waals surface area contributed by atoms with E-state index < -0.39 is 10.0 Å². The number of hydrogen-bond donors (Lipinski definition) is 2. The van der Waals surface area contributed by atoms with E-state index in [1.807, 2.05) is 13.8 Å². The van der Waals surface area contributed by atoms with Gasteiger partial charge in [-0.1, -0.05) is 13.8 Å². The topological polar surface area (TPSA) is 72.2 Å².